The molecule has 2 aromatic rings. The molecule has 0 heterocycles. The molecule has 0 aliphatic rings. The maximum absolute atomic E-state index is 12.6. The van der Waals surface area contributed by atoms with E-state index in [0.29, 0.717) is 0 Å². The second kappa shape index (κ2) is 5.52. The molecule has 0 aromatic heterocycles. The number of rotatable bonds is 4. The van der Waals surface area contributed by atoms with Crippen molar-refractivity contribution in [2.45, 2.75) is 14.7 Å². The van der Waals surface area contributed by atoms with Crippen LogP contribution in [-0.4, -0.2) is 27.9 Å². The zero-order valence-electron chi connectivity index (χ0n) is 11.0. The number of carbonyl (C=O) groups is 1. The maximum atomic E-state index is 12.6. The Balaban J connectivity index is 2.82. The number of primary sulfonamides is 1. The van der Waals surface area contributed by atoms with Crippen LogP contribution >= 0.6 is 0 Å². The fourth-order valence-electron chi connectivity index (χ4n) is 1.90. The van der Waals surface area contributed by atoms with E-state index >= 15 is 0 Å². The molecule has 0 aliphatic carbocycles. The van der Waals surface area contributed by atoms with Gasteiger partial charge in [0.25, 0.3) is 0 Å². The van der Waals surface area contributed by atoms with Gasteiger partial charge in [0.05, 0.1) is 15.4 Å². The Morgan fingerprint density at radius 2 is 1.27 bits per heavy atom. The summed E-state index contributed by atoms with van der Waals surface area (Å²) < 4.78 is 48.4. The lowest BCUT2D eigenvalue weighted by molar-refractivity contribution is 0.0692. The summed E-state index contributed by atoms with van der Waals surface area (Å²) in [4.78, 5) is 9.52. The van der Waals surface area contributed by atoms with Crippen molar-refractivity contribution in [3.63, 3.8) is 0 Å². The Labute approximate surface area is 127 Å². The van der Waals surface area contributed by atoms with Gasteiger partial charge < -0.3 is 5.11 Å². The highest BCUT2D eigenvalue weighted by atomic mass is 32.2. The molecule has 0 saturated heterocycles. The highest BCUT2D eigenvalue weighted by Crippen LogP contribution is 2.28. The van der Waals surface area contributed by atoms with Crippen molar-refractivity contribution in [1.29, 1.82) is 0 Å². The van der Waals surface area contributed by atoms with E-state index in [0.717, 1.165) is 24.3 Å². The van der Waals surface area contributed by atoms with E-state index in [1.807, 2.05) is 0 Å². The van der Waals surface area contributed by atoms with Crippen molar-refractivity contribution in [2.75, 3.05) is 0 Å². The summed E-state index contributed by atoms with van der Waals surface area (Å²) in [5, 5.41) is 14.1. The zero-order chi connectivity index (χ0) is 16.5. The Bertz CT molecular complexity index is 948. The van der Waals surface area contributed by atoms with Gasteiger partial charge in [-0.05, 0) is 24.3 Å². The minimum absolute atomic E-state index is 0.452. The second-order valence-corrected chi connectivity index (χ2v) is 7.71. The van der Waals surface area contributed by atoms with Crippen LogP contribution in [0.25, 0.3) is 0 Å². The molecule has 0 amide bonds. The number of carboxylic acid groups (broad SMARTS) is 1. The van der Waals surface area contributed by atoms with Crippen LogP contribution in [0.5, 0.6) is 0 Å². The number of aromatic carboxylic acids is 1. The lowest BCUT2D eigenvalue weighted by Crippen LogP contribution is -2.18. The van der Waals surface area contributed by atoms with E-state index < -0.39 is 46.1 Å². The second-order valence-electron chi connectivity index (χ2n) is 4.30. The van der Waals surface area contributed by atoms with E-state index in [9.17, 15) is 21.6 Å². The van der Waals surface area contributed by atoms with Gasteiger partial charge in [-0.2, -0.15) is 0 Å². The molecule has 0 atom stereocenters. The van der Waals surface area contributed by atoms with Crippen LogP contribution in [0, 0.1) is 0 Å². The van der Waals surface area contributed by atoms with E-state index in [1.54, 1.807) is 0 Å². The molecule has 9 heteroatoms. The summed E-state index contributed by atoms with van der Waals surface area (Å²) in [6, 6.07) is 9.69. The molecule has 2 aromatic carbocycles. The molecule has 0 radical (unpaired) electrons. The summed E-state index contributed by atoms with van der Waals surface area (Å²) >= 11 is 0. The van der Waals surface area contributed by atoms with E-state index in [4.69, 9.17) is 10.2 Å². The van der Waals surface area contributed by atoms with Gasteiger partial charge in [-0.3, -0.25) is 0 Å². The van der Waals surface area contributed by atoms with Crippen LogP contribution in [0.1, 0.15) is 10.4 Å². The van der Waals surface area contributed by atoms with Gasteiger partial charge in [0.2, 0.25) is 19.9 Å². The van der Waals surface area contributed by atoms with Gasteiger partial charge in [-0.25, -0.2) is 26.8 Å². The SMILES string of the molecule is NS(=O)(=O)c1ccccc1S(=O)(=O)c1ccccc1C(=O)O. The molecule has 0 aliphatic heterocycles. The summed E-state index contributed by atoms with van der Waals surface area (Å²) in [5.41, 5.74) is -0.452. The largest absolute Gasteiger partial charge is 0.478 e. The first-order chi connectivity index (χ1) is 10.2. The fraction of sp³-hybridized carbons (Fsp3) is 0. The van der Waals surface area contributed by atoms with Gasteiger partial charge >= 0.3 is 5.97 Å². The molecule has 0 spiro atoms. The zero-order valence-corrected chi connectivity index (χ0v) is 12.6. The quantitative estimate of drug-likeness (QED) is 0.848. The van der Waals surface area contributed by atoms with E-state index in [-0.39, 0.29) is 0 Å². The maximum Gasteiger partial charge on any atom is 0.337 e. The monoisotopic (exact) mass is 341 g/mol. The number of benzene rings is 2. The molecule has 0 saturated carbocycles. The Kier molecular flexibility index (Phi) is 4.05. The van der Waals surface area contributed by atoms with Crippen molar-refractivity contribution in [1.82, 2.24) is 0 Å². The highest BCUT2D eigenvalue weighted by Gasteiger charge is 2.29. The molecular formula is C13H11NO6S2. The Hall–Kier alpha value is -2.23. The van der Waals surface area contributed by atoms with Gasteiger partial charge in [0.1, 0.15) is 4.90 Å². The fourth-order valence-corrected chi connectivity index (χ4v) is 4.73. The third kappa shape index (κ3) is 2.86. The predicted molar refractivity (Wildman–Crippen MR) is 76.7 cm³/mol. The molecule has 7 nitrogen and oxygen atoms in total. The van der Waals surface area contributed by atoms with Gasteiger partial charge in [0, 0.05) is 0 Å². The van der Waals surface area contributed by atoms with Crippen LogP contribution in [-0.2, 0) is 19.9 Å². The number of carboxylic acids is 1. The molecule has 22 heavy (non-hydrogen) atoms. The van der Waals surface area contributed by atoms with Gasteiger partial charge in [0.15, 0.2) is 0 Å². The minimum Gasteiger partial charge on any atom is -0.478 e. The van der Waals surface area contributed by atoms with Crippen molar-refractivity contribution in [3.05, 3.63) is 54.1 Å². The summed E-state index contributed by atoms with van der Waals surface area (Å²) in [6.45, 7) is 0. The third-order valence-corrected chi connectivity index (χ3v) is 5.82. The molecular weight excluding hydrogens is 330 g/mol. The number of hydrogen-bond acceptors (Lipinski definition) is 5. The van der Waals surface area contributed by atoms with Crippen molar-refractivity contribution in [3.8, 4) is 0 Å². The smallest absolute Gasteiger partial charge is 0.337 e. The summed E-state index contributed by atoms with van der Waals surface area (Å²) in [5.74, 6) is -1.44. The van der Waals surface area contributed by atoms with Crippen molar-refractivity contribution >= 4 is 25.8 Å². The lowest BCUT2D eigenvalue weighted by atomic mass is 10.2. The van der Waals surface area contributed by atoms with Crippen LogP contribution in [0.2, 0.25) is 0 Å². The topological polar surface area (TPSA) is 132 Å². The average Bonchev–Trinajstić information content (AvgIpc) is 2.46. The highest BCUT2D eigenvalue weighted by molar-refractivity contribution is 7.93. The normalized spacial score (nSPS) is 12.0. The van der Waals surface area contributed by atoms with Gasteiger partial charge in [-0.15, -0.1) is 0 Å². The Morgan fingerprint density at radius 1 is 0.818 bits per heavy atom. The molecule has 116 valence electrons. The first-order valence-corrected chi connectivity index (χ1v) is 8.88. The first kappa shape index (κ1) is 16.1. The third-order valence-electron chi connectivity index (χ3n) is 2.85. The van der Waals surface area contributed by atoms with Crippen LogP contribution < -0.4 is 5.14 Å². The average molecular weight is 341 g/mol. The van der Waals surface area contributed by atoms with E-state index in [1.165, 1.54) is 24.3 Å². The van der Waals surface area contributed by atoms with Crippen LogP contribution in [0.4, 0.5) is 0 Å². The number of hydrogen-bond donors (Lipinski definition) is 2. The number of sulfone groups is 1. The summed E-state index contributed by atoms with van der Waals surface area (Å²) in [6.07, 6.45) is 0. The van der Waals surface area contributed by atoms with Crippen LogP contribution in [0.3, 0.4) is 0 Å². The lowest BCUT2D eigenvalue weighted by Gasteiger charge is -2.10. The molecule has 0 bridgehead atoms. The number of sulfonamides is 1. The number of nitrogens with two attached hydrogens (primary N) is 1. The molecule has 0 fully saturated rings. The van der Waals surface area contributed by atoms with Crippen molar-refractivity contribution < 1.29 is 26.7 Å². The summed E-state index contributed by atoms with van der Waals surface area (Å²) in [7, 11) is -8.65. The predicted octanol–water partition coefficient (Wildman–Crippen LogP) is 0.865. The first-order valence-electron chi connectivity index (χ1n) is 5.85. The molecule has 3 N–H and O–H groups in total. The standard InChI is InChI=1S/C13H11NO6S2/c14-22(19,20)12-8-4-3-7-11(12)21(17,18)10-6-2-1-5-9(10)13(15)16/h1-8H,(H,15,16)(H2,14,19,20). The minimum atomic E-state index is -4.37. The van der Waals surface area contributed by atoms with Crippen molar-refractivity contribution in [2.24, 2.45) is 5.14 Å². The molecule has 2 rings (SSSR count). The molecule has 0 unspecified atom stereocenters. The van der Waals surface area contributed by atoms with Crippen LogP contribution in [0.15, 0.2) is 63.2 Å². The van der Waals surface area contributed by atoms with Gasteiger partial charge in [-0.1, -0.05) is 24.3 Å². The Morgan fingerprint density at radius 3 is 1.77 bits per heavy atom. The van der Waals surface area contributed by atoms with E-state index in [2.05, 4.69) is 0 Å².